The minimum absolute atomic E-state index is 0.105. The van der Waals surface area contributed by atoms with Crippen molar-refractivity contribution in [1.29, 1.82) is 0 Å². The number of carbonyl (C=O) groups is 1. The maximum absolute atomic E-state index is 12.5. The van der Waals surface area contributed by atoms with E-state index in [1.807, 2.05) is 35.2 Å². The molecule has 98 valence electrons. The molecule has 0 fully saturated rings. The van der Waals surface area contributed by atoms with Crippen molar-refractivity contribution in [2.45, 2.75) is 19.8 Å². The lowest BCUT2D eigenvalue weighted by atomic mass is 10.1. The number of fused-ring (bicyclic) bond motifs is 1. The fourth-order valence-electron chi connectivity index (χ4n) is 2.45. The molecule has 2 aromatic rings. The lowest BCUT2D eigenvalue weighted by Crippen LogP contribution is -2.28. The van der Waals surface area contributed by atoms with Gasteiger partial charge in [0.15, 0.2) is 0 Å². The predicted octanol–water partition coefficient (Wildman–Crippen LogP) is 3.10. The molecule has 0 atom stereocenters. The summed E-state index contributed by atoms with van der Waals surface area (Å²) in [4.78, 5) is 16.5. The van der Waals surface area contributed by atoms with Crippen LogP contribution in [0, 0.1) is 0 Å². The lowest BCUT2D eigenvalue weighted by Gasteiger charge is -2.16. The van der Waals surface area contributed by atoms with Crippen molar-refractivity contribution in [2.24, 2.45) is 0 Å². The van der Waals surface area contributed by atoms with Gasteiger partial charge in [-0.15, -0.1) is 11.3 Å². The van der Waals surface area contributed by atoms with Crippen LogP contribution < -0.4 is 10.6 Å². The van der Waals surface area contributed by atoms with Crippen LogP contribution >= 0.6 is 11.3 Å². The molecule has 19 heavy (non-hydrogen) atoms. The number of anilines is 2. The van der Waals surface area contributed by atoms with E-state index in [1.165, 1.54) is 10.4 Å². The zero-order valence-corrected chi connectivity index (χ0v) is 11.7. The second-order valence-electron chi connectivity index (χ2n) is 4.71. The molecule has 0 spiro atoms. The zero-order chi connectivity index (χ0) is 13.4. The SMILES string of the molecule is CCc1ccc(C(=O)N2CCc3cc(N)ccc32)s1. The maximum Gasteiger partial charge on any atom is 0.268 e. The van der Waals surface area contributed by atoms with E-state index in [0.717, 1.165) is 35.6 Å². The number of carbonyl (C=O) groups excluding carboxylic acids is 1. The smallest absolute Gasteiger partial charge is 0.268 e. The monoisotopic (exact) mass is 272 g/mol. The van der Waals surface area contributed by atoms with Crippen LogP contribution in [0.25, 0.3) is 0 Å². The van der Waals surface area contributed by atoms with Gasteiger partial charge in [-0.2, -0.15) is 0 Å². The topological polar surface area (TPSA) is 46.3 Å². The van der Waals surface area contributed by atoms with Crippen molar-refractivity contribution in [3.8, 4) is 0 Å². The molecule has 0 aliphatic carbocycles. The van der Waals surface area contributed by atoms with Gasteiger partial charge in [-0.3, -0.25) is 4.79 Å². The number of nitrogen functional groups attached to an aromatic ring is 1. The maximum atomic E-state index is 12.5. The Morgan fingerprint density at radius 2 is 2.21 bits per heavy atom. The predicted molar refractivity (Wildman–Crippen MR) is 79.9 cm³/mol. The average molecular weight is 272 g/mol. The summed E-state index contributed by atoms with van der Waals surface area (Å²) in [6.07, 6.45) is 1.86. The van der Waals surface area contributed by atoms with Crippen LogP contribution in [-0.2, 0) is 12.8 Å². The Balaban J connectivity index is 1.91. The fourth-order valence-corrected chi connectivity index (χ4v) is 3.35. The van der Waals surface area contributed by atoms with Gasteiger partial charge in [-0.25, -0.2) is 0 Å². The van der Waals surface area contributed by atoms with Gasteiger partial charge in [0, 0.05) is 22.8 Å². The first kappa shape index (κ1) is 12.2. The first-order chi connectivity index (χ1) is 9.19. The van der Waals surface area contributed by atoms with Crippen LogP contribution in [0.3, 0.4) is 0 Å². The molecule has 0 saturated carbocycles. The van der Waals surface area contributed by atoms with E-state index in [0.29, 0.717) is 0 Å². The number of nitrogens with zero attached hydrogens (tertiary/aromatic N) is 1. The number of hydrogen-bond acceptors (Lipinski definition) is 3. The van der Waals surface area contributed by atoms with Crippen LogP contribution in [0.1, 0.15) is 27.0 Å². The fraction of sp³-hybridized carbons (Fsp3) is 0.267. The van der Waals surface area contributed by atoms with Crippen LogP contribution in [0.4, 0.5) is 11.4 Å². The molecule has 3 nitrogen and oxygen atoms in total. The first-order valence-corrected chi connectivity index (χ1v) is 7.29. The molecule has 3 rings (SSSR count). The van der Waals surface area contributed by atoms with E-state index >= 15 is 0 Å². The average Bonchev–Trinajstić information content (AvgIpc) is 3.03. The van der Waals surface area contributed by atoms with Crippen molar-refractivity contribution in [1.82, 2.24) is 0 Å². The molecule has 1 aliphatic heterocycles. The summed E-state index contributed by atoms with van der Waals surface area (Å²) in [5.74, 6) is 0.105. The Labute approximate surface area is 116 Å². The van der Waals surface area contributed by atoms with E-state index < -0.39 is 0 Å². The van der Waals surface area contributed by atoms with Crippen LogP contribution in [0.2, 0.25) is 0 Å². The number of aryl methyl sites for hydroxylation is 1. The minimum Gasteiger partial charge on any atom is -0.399 e. The molecule has 0 unspecified atom stereocenters. The van der Waals surface area contributed by atoms with Crippen molar-refractivity contribution in [3.05, 3.63) is 45.6 Å². The number of rotatable bonds is 2. The molecule has 0 saturated heterocycles. The van der Waals surface area contributed by atoms with Crippen LogP contribution in [0.5, 0.6) is 0 Å². The highest BCUT2D eigenvalue weighted by atomic mass is 32.1. The third-order valence-corrected chi connectivity index (χ3v) is 4.68. The molecule has 1 aliphatic rings. The standard InChI is InChI=1S/C15H16N2OS/c1-2-12-4-6-14(19-12)15(18)17-8-7-10-9-11(16)3-5-13(10)17/h3-6,9H,2,7-8,16H2,1H3. The molecule has 0 radical (unpaired) electrons. The molecule has 2 N–H and O–H groups in total. The van der Waals surface area contributed by atoms with Gasteiger partial charge in [0.2, 0.25) is 0 Å². The summed E-state index contributed by atoms with van der Waals surface area (Å²) >= 11 is 1.59. The van der Waals surface area contributed by atoms with Gasteiger partial charge in [-0.1, -0.05) is 6.92 Å². The zero-order valence-electron chi connectivity index (χ0n) is 10.8. The van der Waals surface area contributed by atoms with Gasteiger partial charge in [0.05, 0.1) is 4.88 Å². The highest BCUT2D eigenvalue weighted by Gasteiger charge is 2.26. The first-order valence-electron chi connectivity index (χ1n) is 6.48. The van der Waals surface area contributed by atoms with Crippen molar-refractivity contribution < 1.29 is 4.79 Å². The summed E-state index contributed by atoms with van der Waals surface area (Å²) < 4.78 is 0. The Morgan fingerprint density at radius 1 is 1.37 bits per heavy atom. The second kappa shape index (κ2) is 4.70. The van der Waals surface area contributed by atoms with Crippen molar-refractivity contribution in [3.63, 3.8) is 0 Å². The second-order valence-corrected chi connectivity index (χ2v) is 5.88. The highest BCUT2D eigenvalue weighted by molar-refractivity contribution is 7.14. The number of amides is 1. The summed E-state index contributed by atoms with van der Waals surface area (Å²) in [5, 5.41) is 0. The number of benzene rings is 1. The van der Waals surface area contributed by atoms with Crippen LogP contribution in [-0.4, -0.2) is 12.5 Å². The summed E-state index contributed by atoms with van der Waals surface area (Å²) in [6.45, 7) is 2.85. The van der Waals surface area contributed by atoms with E-state index in [4.69, 9.17) is 5.73 Å². The Morgan fingerprint density at radius 3 is 2.95 bits per heavy atom. The summed E-state index contributed by atoms with van der Waals surface area (Å²) in [6, 6.07) is 9.74. The van der Waals surface area contributed by atoms with Gasteiger partial charge in [0.1, 0.15) is 0 Å². The molecule has 2 heterocycles. The molecule has 1 aromatic heterocycles. The van der Waals surface area contributed by atoms with Crippen LogP contribution in [0.15, 0.2) is 30.3 Å². The number of thiophene rings is 1. The van der Waals surface area contributed by atoms with Gasteiger partial charge < -0.3 is 10.6 Å². The summed E-state index contributed by atoms with van der Waals surface area (Å²) in [5.41, 5.74) is 8.72. The van der Waals surface area contributed by atoms with Crippen molar-refractivity contribution >= 4 is 28.6 Å². The van der Waals surface area contributed by atoms with Gasteiger partial charge in [-0.05, 0) is 48.7 Å². The van der Waals surface area contributed by atoms with E-state index in [1.54, 1.807) is 11.3 Å². The lowest BCUT2D eigenvalue weighted by molar-refractivity contribution is 0.0993. The van der Waals surface area contributed by atoms with E-state index in [2.05, 4.69) is 6.92 Å². The largest absolute Gasteiger partial charge is 0.399 e. The molecular weight excluding hydrogens is 256 g/mol. The molecule has 1 amide bonds. The molecule has 4 heteroatoms. The third kappa shape index (κ3) is 2.12. The van der Waals surface area contributed by atoms with Gasteiger partial charge >= 0.3 is 0 Å². The summed E-state index contributed by atoms with van der Waals surface area (Å²) in [7, 11) is 0. The van der Waals surface area contributed by atoms with Crippen molar-refractivity contribution in [2.75, 3.05) is 17.2 Å². The molecular formula is C15H16N2OS. The van der Waals surface area contributed by atoms with Gasteiger partial charge in [0.25, 0.3) is 5.91 Å². The minimum atomic E-state index is 0.105. The third-order valence-electron chi connectivity index (χ3n) is 3.47. The quantitative estimate of drug-likeness (QED) is 0.854. The molecule has 1 aromatic carbocycles. The Bertz CT molecular complexity index is 633. The number of nitrogens with two attached hydrogens (primary N) is 1. The van der Waals surface area contributed by atoms with E-state index in [9.17, 15) is 4.79 Å². The Kier molecular flexibility index (Phi) is 3.03. The molecule has 0 bridgehead atoms. The Hall–Kier alpha value is -1.81. The normalized spacial score (nSPS) is 13.6. The van der Waals surface area contributed by atoms with E-state index in [-0.39, 0.29) is 5.91 Å². The number of hydrogen-bond donors (Lipinski definition) is 1. The highest BCUT2D eigenvalue weighted by Crippen LogP contribution is 2.32.